The second-order valence-electron chi connectivity index (χ2n) is 4.98. The fraction of sp³-hybridized carbons (Fsp3) is 0.615. The monoisotopic (exact) mass is 248 g/mol. The average molecular weight is 248 g/mol. The number of aromatic nitrogens is 1. The SMILES string of the molecule is Nc1ccc(N2CCC(N3CCOCC3)C2)cn1. The predicted octanol–water partition coefficient (Wildman–Crippen LogP) is 0.575. The van der Waals surface area contributed by atoms with Gasteiger partial charge in [-0.2, -0.15) is 0 Å². The van der Waals surface area contributed by atoms with Gasteiger partial charge in [0, 0.05) is 32.2 Å². The molecule has 2 saturated heterocycles. The molecule has 1 atom stereocenters. The predicted molar refractivity (Wildman–Crippen MR) is 71.7 cm³/mol. The lowest BCUT2D eigenvalue weighted by molar-refractivity contribution is 0.0209. The van der Waals surface area contributed by atoms with Gasteiger partial charge in [-0.25, -0.2) is 4.98 Å². The van der Waals surface area contributed by atoms with Crippen LogP contribution in [0.4, 0.5) is 11.5 Å². The first kappa shape index (κ1) is 11.7. The summed E-state index contributed by atoms with van der Waals surface area (Å²) in [6, 6.07) is 4.59. The molecule has 3 rings (SSSR count). The molecule has 2 fully saturated rings. The summed E-state index contributed by atoms with van der Waals surface area (Å²) in [6.07, 6.45) is 3.10. The molecule has 3 heterocycles. The van der Waals surface area contributed by atoms with E-state index in [0.717, 1.165) is 39.4 Å². The van der Waals surface area contributed by atoms with Crippen molar-refractivity contribution in [2.24, 2.45) is 0 Å². The first-order chi connectivity index (χ1) is 8.83. The van der Waals surface area contributed by atoms with Crippen LogP contribution >= 0.6 is 0 Å². The minimum absolute atomic E-state index is 0.586. The number of nitrogens with zero attached hydrogens (tertiary/aromatic N) is 3. The van der Waals surface area contributed by atoms with E-state index in [1.54, 1.807) is 0 Å². The number of ether oxygens (including phenoxy) is 1. The van der Waals surface area contributed by atoms with E-state index < -0.39 is 0 Å². The van der Waals surface area contributed by atoms with Gasteiger partial charge in [0.1, 0.15) is 5.82 Å². The molecule has 2 aliphatic heterocycles. The second kappa shape index (κ2) is 5.12. The van der Waals surface area contributed by atoms with E-state index >= 15 is 0 Å². The average Bonchev–Trinajstić information content (AvgIpc) is 2.90. The number of hydrogen-bond acceptors (Lipinski definition) is 5. The minimum atomic E-state index is 0.586. The van der Waals surface area contributed by atoms with E-state index in [0.29, 0.717) is 11.9 Å². The Balaban J connectivity index is 1.62. The van der Waals surface area contributed by atoms with Gasteiger partial charge in [0.05, 0.1) is 25.1 Å². The first-order valence-electron chi connectivity index (χ1n) is 6.61. The molecule has 0 aliphatic carbocycles. The Morgan fingerprint density at radius 2 is 2.06 bits per heavy atom. The number of morpholine rings is 1. The normalized spacial score (nSPS) is 25.6. The number of anilines is 2. The minimum Gasteiger partial charge on any atom is -0.384 e. The third kappa shape index (κ3) is 2.42. The fourth-order valence-electron chi connectivity index (χ4n) is 2.80. The summed E-state index contributed by atoms with van der Waals surface area (Å²) in [6.45, 7) is 6.08. The van der Waals surface area contributed by atoms with E-state index in [1.807, 2.05) is 12.3 Å². The Morgan fingerprint density at radius 3 is 2.78 bits per heavy atom. The van der Waals surface area contributed by atoms with Crippen molar-refractivity contribution in [2.75, 3.05) is 50.0 Å². The zero-order valence-electron chi connectivity index (χ0n) is 10.6. The summed E-state index contributed by atoms with van der Waals surface area (Å²) in [5.41, 5.74) is 6.80. The number of nitrogens with two attached hydrogens (primary N) is 1. The number of hydrogen-bond donors (Lipinski definition) is 1. The van der Waals surface area contributed by atoms with Gasteiger partial charge in [0.15, 0.2) is 0 Å². The third-order valence-electron chi connectivity index (χ3n) is 3.86. The highest BCUT2D eigenvalue weighted by Gasteiger charge is 2.28. The summed E-state index contributed by atoms with van der Waals surface area (Å²) in [7, 11) is 0. The summed E-state index contributed by atoms with van der Waals surface area (Å²) in [4.78, 5) is 9.11. The van der Waals surface area contributed by atoms with Crippen molar-refractivity contribution in [1.29, 1.82) is 0 Å². The smallest absolute Gasteiger partial charge is 0.123 e. The molecule has 0 spiro atoms. The van der Waals surface area contributed by atoms with Crippen molar-refractivity contribution in [3.63, 3.8) is 0 Å². The van der Waals surface area contributed by atoms with E-state index in [-0.39, 0.29) is 0 Å². The highest BCUT2D eigenvalue weighted by molar-refractivity contribution is 5.49. The Kier molecular flexibility index (Phi) is 3.34. The molecule has 1 unspecified atom stereocenters. The molecule has 2 aliphatic rings. The number of nitrogen functional groups attached to an aromatic ring is 1. The van der Waals surface area contributed by atoms with Crippen LogP contribution in [0.25, 0.3) is 0 Å². The Bertz CT molecular complexity index is 388. The lowest BCUT2D eigenvalue weighted by atomic mass is 10.2. The Morgan fingerprint density at radius 1 is 1.22 bits per heavy atom. The van der Waals surface area contributed by atoms with Gasteiger partial charge in [-0.1, -0.05) is 0 Å². The van der Waals surface area contributed by atoms with Crippen LogP contribution in [0, 0.1) is 0 Å². The quantitative estimate of drug-likeness (QED) is 0.829. The van der Waals surface area contributed by atoms with Crippen molar-refractivity contribution in [3.05, 3.63) is 18.3 Å². The van der Waals surface area contributed by atoms with Crippen LogP contribution in [0.1, 0.15) is 6.42 Å². The Hall–Kier alpha value is -1.33. The summed E-state index contributed by atoms with van der Waals surface area (Å²) >= 11 is 0. The standard InChI is InChI=1S/C13H20N4O/c14-13-2-1-11(9-15-13)17-4-3-12(10-17)16-5-7-18-8-6-16/h1-2,9,12H,3-8,10H2,(H2,14,15). The van der Waals surface area contributed by atoms with Gasteiger partial charge in [0.2, 0.25) is 0 Å². The molecular weight excluding hydrogens is 228 g/mol. The Labute approximate surface area is 108 Å². The molecular formula is C13H20N4O. The summed E-state index contributed by atoms with van der Waals surface area (Å²) in [5, 5.41) is 0. The maximum Gasteiger partial charge on any atom is 0.123 e. The molecule has 98 valence electrons. The van der Waals surface area contributed by atoms with Crippen molar-refractivity contribution in [1.82, 2.24) is 9.88 Å². The van der Waals surface area contributed by atoms with Crippen LogP contribution in [-0.2, 0) is 4.74 Å². The van der Waals surface area contributed by atoms with Crippen LogP contribution in [-0.4, -0.2) is 55.3 Å². The van der Waals surface area contributed by atoms with Crippen LogP contribution in [0.2, 0.25) is 0 Å². The highest BCUT2D eigenvalue weighted by Crippen LogP contribution is 2.23. The molecule has 2 N–H and O–H groups in total. The lowest BCUT2D eigenvalue weighted by Gasteiger charge is -2.32. The molecule has 5 nitrogen and oxygen atoms in total. The van der Waals surface area contributed by atoms with Crippen LogP contribution in [0.5, 0.6) is 0 Å². The van der Waals surface area contributed by atoms with Crippen LogP contribution in [0.3, 0.4) is 0 Å². The lowest BCUT2D eigenvalue weighted by Crippen LogP contribution is -2.44. The van der Waals surface area contributed by atoms with Gasteiger partial charge >= 0.3 is 0 Å². The molecule has 0 radical (unpaired) electrons. The number of rotatable bonds is 2. The van der Waals surface area contributed by atoms with E-state index in [1.165, 1.54) is 12.1 Å². The summed E-state index contributed by atoms with van der Waals surface area (Å²) in [5.74, 6) is 0.586. The highest BCUT2D eigenvalue weighted by atomic mass is 16.5. The maximum atomic E-state index is 5.62. The van der Waals surface area contributed by atoms with Crippen molar-refractivity contribution >= 4 is 11.5 Å². The molecule has 0 saturated carbocycles. The molecule has 0 aromatic carbocycles. The van der Waals surface area contributed by atoms with Crippen molar-refractivity contribution in [2.45, 2.75) is 12.5 Å². The van der Waals surface area contributed by atoms with Gasteiger partial charge in [-0.15, -0.1) is 0 Å². The maximum absolute atomic E-state index is 5.62. The largest absolute Gasteiger partial charge is 0.384 e. The van der Waals surface area contributed by atoms with E-state index in [9.17, 15) is 0 Å². The van der Waals surface area contributed by atoms with Crippen molar-refractivity contribution in [3.8, 4) is 0 Å². The topological polar surface area (TPSA) is 54.6 Å². The molecule has 5 heteroatoms. The van der Waals surface area contributed by atoms with Gasteiger partial charge in [-0.3, -0.25) is 4.90 Å². The van der Waals surface area contributed by atoms with Gasteiger partial charge < -0.3 is 15.4 Å². The summed E-state index contributed by atoms with van der Waals surface area (Å²) < 4.78 is 5.40. The molecule has 0 amide bonds. The zero-order chi connectivity index (χ0) is 12.4. The molecule has 1 aromatic rings. The third-order valence-corrected chi connectivity index (χ3v) is 3.86. The van der Waals surface area contributed by atoms with Crippen molar-refractivity contribution < 1.29 is 4.74 Å². The molecule has 18 heavy (non-hydrogen) atoms. The van der Waals surface area contributed by atoms with E-state index in [2.05, 4.69) is 20.9 Å². The van der Waals surface area contributed by atoms with Gasteiger partial charge in [0.25, 0.3) is 0 Å². The van der Waals surface area contributed by atoms with Crippen LogP contribution < -0.4 is 10.6 Å². The molecule has 0 bridgehead atoms. The number of pyridine rings is 1. The van der Waals surface area contributed by atoms with E-state index in [4.69, 9.17) is 10.5 Å². The first-order valence-corrected chi connectivity index (χ1v) is 6.61. The zero-order valence-corrected chi connectivity index (χ0v) is 10.6. The van der Waals surface area contributed by atoms with Crippen LogP contribution in [0.15, 0.2) is 18.3 Å². The molecule has 1 aromatic heterocycles. The fourth-order valence-corrected chi connectivity index (χ4v) is 2.80. The second-order valence-corrected chi connectivity index (χ2v) is 4.98. The van der Waals surface area contributed by atoms with Gasteiger partial charge in [-0.05, 0) is 18.6 Å².